The molecule has 0 aromatic carbocycles. The van der Waals surface area contributed by atoms with Gasteiger partial charge in [0.15, 0.2) is 0 Å². The zero-order chi connectivity index (χ0) is 9.19. The minimum atomic E-state index is 0.744. The van der Waals surface area contributed by atoms with E-state index in [1.165, 1.54) is 24.0 Å². The van der Waals surface area contributed by atoms with Crippen molar-refractivity contribution in [1.29, 1.82) is 0 Å². The molecule has 0 amide bonds. The van der Waals surface area contributed by atoms with Crippen molar-refractivity contribution >= 4 is 0 Å². The molecule has 0 saturated carbocycles. The molecule has 1 aliphatic heterocycles. The van der Waals surface area contributed by atoms with Gasteiger partial charge in [-0.15, -0.1) is 0 Å². The van der Waals surface area contributed by atoms with E-state index in [9.17, 15) is 0 Å². The molecular formula is C10H23N2+. The second-order valence-corrected chi connectivity index (χ2v) is 4.90. The smallest absolute Gasteiger partial charge is 0.0938 e. The van der Waals surface area contributed by atoms with Crippen LogP contribution in [0.4, 0.5) is 0 Å². The van der Waals surface area contributed by atoms with Crippen molar-refractivity contribution in [3.8, 4) is 0 Å². The highest BCUT2D eigenvalue weighted by Gasteiger charge is 2.30. The third-order valence-electron chi connectivity index (χ3n) is 2.70. The number of rotatable bonds is 2. The highest BCUT2D eigenvalue weighted by atomic mass is 15.3. The molecule has 2 atom stereocenters. The fourth-order valence-corrected chi connectivity index (χ4v) is 2.59. The summed E-state index contributed by atoms with van der Waals surface area (Å²) in [5.41, 5.74) is 0. The fraction of sp³-hybridized carbons (Fsp3) is 1.00. The largest absolute Gasteiger partial charge is 0.327 e. The van der Waals surface area contributed by atoms with E-state index in [2.05, 4.69) is 33.3 Å². The van der Waals surface area contributed by atoms with Gasteiger partial charge in [-0.05, 0) is 13.0 Å². The Labute approximate surface area is 76.5 Å². The molecule has 1 saturated heterocycles. The molecule has 0 radical (unpaired) electrons. The van der Waals surface area contributed by atoms with Crippen LogP contribution in [0.1, 0.15) is 20.3 Å². The first kappa shape index (κ1) is 10.0. The maximum atomic E-state index is 3.55. The Kier molecular flexibility index (Phi) is 3.13. The summed E-state index contributed by atoms with van der Waals surface area (Å²) >= 11 is 0. The number of nitrogens with one attached hydrogen (secondary N) is 1. The summed E-state index contributed by atoms with van der Waals surface area (Å²) < 4.78 is 1.18. The maximum absolute atomic E-state index is 3.55. The minimum Gasteiger partial charge on any atom is -0.327 e. The maximum Gasteiger partial charge on any atom is 0.0938 e. The summed E-state index contributed by atoms with van der Waals surface area (Å²) in [4.78, 5) is 0. The molecule has 12 heavy (non-hydrogen) atoms. The van der Waals surface area contributed by atoms with Crippen molar-refractivity contribution in [2.24, 2.45) is 5.92 Å². The molecule has 1 heterocycles. The van der Waals surface area contributed by atoms with Gasteiger partial charge in [0.1, 0.15) is 0 Å². The van der Waals surface area contributed by atoms with E-state index in [4.69, 9.17) is 0 Å². The van der Waals surface area contributed by atoms with Gasteiger partial charge in [0.05, 0.1) is 33.2 Å². The first-order chi connectivity index (χ1) is 5.53. The summed E-state index contributed by atoms with van der Waals surface area (Å²) in [6, 6.07) is 0.744. The van der Waals surface area contributed by atoms with Crippen LogP contribution in [-0.4, -0.2) is 44.3 Å². The van der Waals surface area contributed by atoms with E-state index >= 15 is 0 Å². The second kappa shape index (κ2) is 3.75. The van der Waals surface area contributed by atoms with E-state index < -0.39 is 0 Å². The van der Waals surface area contributed by atoms with Crippen LogP contribution >= 0.6 is 0 Å². The molecule has 1 aliphatic rings. The second-order valence-electron chi connectivity index (χ2n) is 4.90. The Bertz CT molecular complexity index is 143. The average molecular weight is 171 g/mol. The third-order valence-corrected chi connectivity index (χ3v) is 2.70. The van der Waals surface area contributed by atoms with Crippen LogP contribution in [0.3, 0.4) is 0 Å². The lowest BCUT2D eigenvalue weighted by atomic mass is 9.95. The van der Waals surface area contributed by atoms with Crippen molar-refractivity contribution in [3.05, 3.63) is 0 Å². The zero-order valence-corrected chi connectivity index (χ0v) is 8.93. The highest BCUT2D eigenvalue weighted by molar-refractivity contribution is 4.73. The third kappa shape index (κ3) is 2.76. The molecule has 1 N–H and O–H groups in total. The molecule has 1 fully saturated rings. The van der Waals surface area contributed by atoms with Crippen LogP contribution in [0.25, 0.3) is 0 Å². The lowest BCUT2D eigenvalue weighted by Gasteiger charge is -2.41. The Morgan fingerprint density at radius 3 is 2.50 bits per heavy atom. The molecular weight excluding hydrogens is 148 g/mol. The van der Waals surface area contributed by atoms with Crippen LogP contribution < -0.4 is 5.32 Å². The quantitative estimate of drug-likeness (QED) is 0.613. The lowest BCUT2D eigenvalue weighted by molar-refractivity contribution is -0.899. The first-order valence-electron chi connectivity index (χ1n) is 5.09. The molecule has 72 valence electrons. The van der Waals surface area contributed by atoms with Crippen molar-refractivity contribution in [2.75, 3.05) is 33.7 Å². The van der Waals surface area contributed by atoms with E-state index in [0.29, 0.717) is 0 Å². The van der Waals surface area contributed by atoms with Crippen LogP contribution in [-0.2, 0) is 0 Å². The van der Waals surface area contributed by atoms with Crippen LogP contribution in [0.2, 0.25) is 0 Å². The summed E-state index contributed by atoms with van der Waals surface area (Å²) in [6.45, 7) is 8.29. The number of nitrogens with zero attached hydrogens (tertiary/aromatic N) is 1. The van der Waals surface area contributed by atoms with Crippen LogP contribution in [0.15, 0.2) is 0 Å². The topological polar surface area (TPSA) is 12.0 Å². The summed E-state index contributed by atoms with van der Waals surface area (Å²) in [5.74, 6) is 0.873. The van der Waals surface area contributed by atoms with E-state index in [1.807, 2.05) is 0 Å². The van der Waals surface area contributed by atoms with Gasteiger partial charge in [-0.25, -0.2) is 0 Å². The normalized spacial score (nSPS) is 35.0. The van der Waals surface area contributed by atoms with Crippen molar-refractivity contribution in [1.82, 2.24) is 5.32 Å². The van der Waals surface area contributed by atoms with Gasteiger partial charge in [-0.3, -0.25) is 0 Å². The fourth-order valence-electron chi connectivity index (χ4n) is 2.59. The summed E-state index contributed by atoms with van der Waals surface area (Å²) in [7, 11) is 4.67. The average Bonchev–Trinajstić information content (AvgIpc) is 1.82. The van der Waals surface area contributed by atoms with Crippen molar-refractivity contribution in [3.63, 3.8) is 0 Å². The number of piperidine rings is 1. The van der Waals surface area contributed by atoms with Crippen molar-refractivity contribution in [2.45, 2.75) is 26.3 Å². The first-order valence-corrected chi connectivity index (χ1v) is 5.09. The highest BCUT2D eigenvalue weighted by Crippen LogP contribution is 2.19. The number of likely N-dealkylation sites (tertiary alicyclic amines) is 1. The summed E-state index contributed by atoms with van der Waals surface area (Å²) in [6.07, 6.45) is 1.36. The lowest BCUT2D eigenvalue weighted by Crippen LogP contribution is -2.56. The van der Waals surface area contributed by atoms with E-state index in [-0.39, 0.29) is 0 Å². The molecule has 0 aliphatic carbocycles. The Hall–Kier alpha value is -0.0800. The van der Waals surface area contributed by atoms with Gasteiger partial charge in [0.25, 0.3) is 0 Å². The predicted molar refractivity (Wildman–Crippen MR) is 53.1 cm³/mol. The van der Waals surface area contributed by atoms with Gasteiger partial charge in [-0.2, -0.15) is 0 Å². The summed E-state index contributed by atoms with van der Waals surface area (Å²) in [5, 5.41) is 3.55. The molecule has 0 spiro atoms. The predicted octanol–water partition coefficient (Wildman–Crippen LogP) is 1.08. The van der Waals surface area contributed by atoms with Crippen molar-refractivity contribution < 1.29 is 4.48 Å². The molecule has 2 unspecified atom stereocenters. The standard InChI is InChI=1S/C10H23N2/c1-5-11-10-6-9(2)7-12(3,4)8-10/h9-11H,5-8H2,1-4H3/q+1. The van der Waals surface area contributed by atoms with Gasteiger partial charge in [0.2, 0.25) is 0 Å². The monoisotopic (exact) mass is 171 g/mol. The number of hydrogen-bond acceptors (Lipinski definition) is 1. The minimum absolute atomic E-state index is 0.744. The van der Waals surface area contributed by atoms with Gasteiger partial charge in [-0.1, -0.05) is 13.8 Å². The van der Waals surface area contributed by atoms with Gasteiger partial charge in [0, 0.05) is 5.92 Å². The number of hydrogen-bond donors (Lipinski definition) is 1. The Morgan fingerprint density at radius 2 is 2.00 bits per heavy atom. The molecule has 0 aromatic heterocycles. The molecule has 2 nitrogen and oxygen atoms in total. The van der Waals surface area contributed by atoms with Gasteiger partial charge < -0.3 is 9.80 Å². The van der Waals surface area contributed by atoms with E-state index in [1.54, 1.807) is 0 Å². The Morgan fingerprint density at radius 1 is 1.33 bits per heavy atom. The SMILES string of the molecule is CCNC1CC(C)C[N+](C)(C)C1. The van der Waals surface area contributed by atoms with Gasteiger partial charge >= 0.3 is 0 Å². The molecule has 0 bridgehead atoms. The van der Waals surface area contributed by atoms with E-state index in [0.717, 1.165) is 18.5 Å². The molecule has 2 heteroatoms. The molecule has 1 rings (SSSR count). The number of likely N-dealkylation sites (N-methyl/N-ethyl adjacent to an activating group) is 2. The Balaban J connectivity index is 2.46. The van der Waals surface area contributed by atoms with Crippen LogP contribution in [0.5, 0.6) is 0 Å². The zero-order valence-electron chi connectivity index (χ0n) is 8.93. The molecule has 0 aromatic rings. The van der Waals surface area contributed by atoms with Crippen LogP contribution in [0, 0.1) is 5.92 Å². The number of quaternary nitrogens is 1.